The summed E-state index contributed by atoms with van der Waals surface area (Å²) in [6.07, 6.45) is 1.98. The summed E-state index contributed by atoms with van der Waals surface area (Å²) in [6, 6.07) is 1.63. The molecule has 5 heteroatoms. The van der Waals surface area contributed by atoms with E-state index in [4.69, 9.17) is 5.73 Å². The number of carbonyl (C=O) groups is 2. The standard InChI is InChI=1S/C13H18N2O2S/c1-2-11(13(14)17)15-5-3-9(7-12(15)16)10-4-6-18-8-10/h4,6,8-9,11H,2-3,5,7H2,1H3,(H2,14,17). The maximum Gasteiger partial charge on any atom is 0.240 e. The van der Waals surface area contributed by atoms with Gasteiger partial charge >= 0.3 is 0 Å². The quantitative estimate of drug-likeness (QED) is 0.902. The van der Waals surface area contributed by atoms with Crippen LogP contribution >= 0.6 is 11.3 Å². The zero-order valence-electron chi connectivity index (χ0n) is 10.5. The van der Waals surface area contributed by atoms with Crippen molar-refractivity contribution in [3.63, 3.8) is 0 Å². The third kappa shape index (κ3) is 2.56. The molecule has 2 unspecified atom stereocenters. The van der Waals surface area contributed by atoms with Crippen molar-refractivity contribution in [1.82, 2.24) is 4.90 Å². The Bertz CT molecular complexity index is 430. The first kappa shape index (κ1) is 13.1. The fourth-order valence-corrected chi connectivity index (χ4v) is 3.29. The minimum absolute atomic E-state index is 0.0445. The number of primary amides is 1. The van der Waals surface area contributed by atoms with Gasteiger partial charge in [0.1, 0.15) is 6.04 Å². The molecule has 4 nitrogen and oxygen atoms in total. The molecule has 2 atom stereocenters. The van der Waals surface area contributed by atoms with E-state index in [1.54, 1.807) is 16.2 Å². The normalized spacial score (nSPS) is 21.9. The van der Waals surface area contributed by atoms with Crippen LogP contribution < -0.4 is 5.73 Å². The first-order valence-electron chi connectivity index (χ1n) is 6.24. The molecule has 2 rings (SSSR count). The van der Waals surface area contributed by atoms with Crippen LogP contribution in [0.5, 0.6) is 0 Å². The third-order valence-corrected chi connectivity index (χ3v) is 4.27. The predicted octanol–water partition coefficient (Wildman–Crippen LogP) is 1.72. The van der Waals surface area contributed by atoms with Crippen molar-refractivity contribution in [2.24, 2.45) is 5.73 Å². The smallest absolute Gasteiger partial charge is 0.240 e. The maximum atomic E-state index is 12.1. The lowest BCUT2D eigenvalue weighted by molar-refractivity contribution is -0.142. The van der Waals surface area contributed by atoms with Crippen LogP contribution in [0.2, 0.25) is 0 Å². The Morgan fingerprint density at radius 3 is 2.94 bits per heavy atom. The topological polar surface area (TPSA) is 63.4 Å². The van der Waals surface area contributed by atoms with E-state index in [0.717, 1.165) is 6.42 Å². The molecule has 1 aromatic heterocycles. The van der Waals surface area contributed by atoms with Crippen LogP contribution in [-0.4, -0.2) is 29.3 Å². The third-order valence-electron chi connectivity index (χ3n) is 3.57. The number of nitrogens with two attached hydrogens (primary N) is 1. The number of thiophene rings is 1. The average Bonchev–Trinajstić information content (AvgIpc) is 2.85. The van der Waals surface area contributed by atoms with Crippen molar-refractivity contribution in [2.75, 3.05) is 6.54 Å². The molecule has 1 fully saturated rings. The number of hydrogen-bond acceptors (Lipinski definition) is 3. The van der Waals surface area contributed by atoms with Crippen molar-refractivity contribution < 1.29 is 9.59 Å². The number of nitrogens with zero attached hydrogens (tertiary/aromatic N) is 1. The van der Waals surface area contributed by atoms with Crippen LogP contribution in [0.25, 0.3) is 0 Å². The predicted molar refractivity (Wildman–Crippen MR) is 71.3 cm³/mol. The molecular formula is C13H18N2O2S. The van der Waals surface area contributed by atoms with Gasteiger partial charge in [0.15, 0.2) is 0 Å². The zero-order valence-corrected chi connectivity index (χ0v) is 11.3. The molecule has 0 spiro atoms. The average molecular weight is 266 g/mol. The fraction of sp³-hybridized carbons (Fsp3) is 0.538. The highest BCUT2D eigenvalue weighted by Crippen LogP contribution is 2.31. The van der Waals surface area contributed by atoms with Crippen molar-refractivity contribution in [2.45, 2.75) is 38.1 Å². The van der Waals surface area contributed by atoms with E-state index < -0.39 is 11.9 Å². The van der Waals surface area contributed by atoms with Crippen LogP contribution in [0.15, 0.2) is 16.8 Å². The van der Waals surface area contributed by atoms with Gasteiger partial charge in [-0.2, -0.15) is 11.3 Å². The van der Waals surface area contributed by atoms with Gasteiger partial charge in [-0.15, -0.1) is 0 Å². The van der Waals surface area contributed by atoms with Gasteiger partial charge in [0, 0.05) is 13.0 Å². The Kier molecular flexibility index (Phi) is 4.01. The van der Waals surface area contributed by atoms with E-state index in [1.807, 2.05) is 12.3 Å². The lowest BCUT2D eigenvalue weighted by Gasteiger charge is -2.35. The molecule has 1 aliphatic rings. The summed E-state index contributed by atoms with van der Waals surface area (Å²) in [5.41, 5.74) is 6.57. The molecule has 2 amide bonds. The Morgan fingerprint density at radius 1 is 1.67 bits per heavy atom. The van der Waals surface area contributed by atoms with E-state index in [1.165, 1.54) is 5.56 Å². The summed E-state index contributed by atoms with van der Waals surface area (Å²) in [6.45, 7) is 2.51. The molecule has 1 aliphatic heterocycles. The molecule has 2 heterocycles. The number of rotatable bonds is 4. The van der Waals surface area contributed by atoms with Crippen LogP contribution in [0, 0.1) is 0 Å². The number of piperidine rings is 1. The van der Waals surface area contributed by atoms with Crippen molar-refractivity contribution in [1.29, 1.82) is 0 Å². The molecule has 1 saturated heterocycles. The molecular weight excluding hydrogens is 248 g/mol. The van der Waals surface area contributed by atoms with Gasteiger partial charge in [0.2, 0.25) is 11.8 Å². The monoisotopic (exact) mass is 266 g/mol. The van der Waals surface area contributed by atoms with Gasteiger partial charge in [-0.3, -0.25) is 9.59 Å². The Morgan fingerprint density at radius 2 is 2.44 bits per heavy atom. The lowest BCUT2D eigenvalue weighted by atomic mass is 9.90. The molecule has 1 aromatic rings. The molecule has 2 N–H and O–H groups in total. The molecule has 0 aliphatic carbocycles. The summed E-state index contributed by atoms with van der Waals surface area (Å²) >= 11 is 1.65. The van der Waals surface area contributed by atoms with E-state index in [9.17, 15) is 9.59 Å². The largest absolute Gasteiger partial charge is 0.368 e. The second-order valence-electron chi connectivity index (χ2n) is 4.66. The number of carbonyl (C=O) groups excluding carboxylic acids is 2. The summed E-state index contributed by atoms with van der Waals surface area (Å²) in [4.78, 5) is 25.1. The first-order valence-corrected chi connectivity index (χ1v) is 7.18. The van der Waals surface area contributed by atoms with Crippen LogP contribution in [0.1, 0.15) is 37.7 Å². The highest BCUT2D eigenvalue weighted by atomic mass is 32.1. The van der Waals surface area contributed by atoms with Gasteiger partial charge in [0.25, 0.3) is 0 Å². The summed E-state index contributed by atoms with van der Waals surface area (Å²) in [7, 11) is 0. The van der Waals surface area contributed by atoms with E-state index >= 15 is 0 Å². The van der Waals surface area contributed by atoms with E-state index in [0.29, 0.717) is 25.3 Å². The second-order valence-corrected chi connectivity index (χ2v) is 5.44. The minimum Gasteiger partial charge on any atom is -0.368 e. The van der Waals surface area contributed by atoms with E-state index in [2.05, 4.69) is 11.4 Å². The fourth-order valence-electron chi connectivity index (χ4n) is 2.55. The van der Waals surface area contributed by atoms with Gasteiger partial charge in [-0.1, -0.05) is 6.92 Å². The summed E-state index contributed by atoms with van der Waals surface area (Å²) < 4.78 is 0. The zero-order chi connectivity index (χ0) is 13.1. The first-order chi connectivity index (χ1) is 8.63. The van der Waals surface area contributed by atoms with Gasteiger partial charge < -0.3 is 10.6 Å². The number of likely N-dealkylation sites (tertiary alicyclic amines) is 1. The molecule has 0 bridgehead atoms. The maximum absolute atomic E-state index is 12.1. The van der Waals surface area contributed by atoms with Gasteiger partial charge in [0.05, 0.1) is 0 Å². The van der Waals surface area contributed by atoms with Crippen molar-refractivity contribution >= 4 is 23.2 Å². The molecule has 18 heavy (non-hydrogen) atoms. The van der Waals surface area contributed by atoms with E-state index in [-0.39, 0.29) is 5.91 Å². The van der Waals surface area contributed by atoms with Crippen molar-refractivity contribution in [3.05, 3.63) is 22.4 Å². The number of amides is 2. The van der Waals surface area contributed by atoms with Crippen molar-refractivity contribution in [3.8, 4) is 0 Å². The summed E-state index contributed by atoms with van der Waals surface area (Å²) in [5.74, 6) is -0.0617. The lowest BCUT2D eigenvalue weighted by Crippen LogP contribution is -2.50. The minimum atomic E-state index is -0.444. The molecule has 0 radical (unpaired) electrons. The Hall–Kier alpha value is -1.36. The SMILES string of the molecule is CCC(C(N)=O)N1CCC(c2ccsc2)CC1=O. The molecule has 0 saturated carbocycles. The van der Waals surface area contributed by atoms with Gasteiger partial charge in [-0.05, 0) is 41.1 Å². The summed E-state index contributed by atoms with van der Waals surface area (Å²) in [5, 5.41) is 4.13. The highest BCUT2D eigenvalue weighted by molar-refractivity contribution is 7.07. The van der Waals surface area contributed by atoms with Crippen LogP contribution in [0.4, 0.5) is 0 Å². The van der Waals surface area contributed by atoms with Gasteiger partial charge in [-0.25, -0.2) is 0 Å². The Labute approximate surface area is 111 Å². The molecule has 0 aromatic carbocycles. The van der Waals surface area contributed by atoms with Crippen LogP contribution in [0.3, 0.4) is 0 Å². The second kappa shape index (κ2) is 5.52. The van der Waals surface area contributed by atoms with Crippen LogP contribution in [-0.2, 0) is 9.59 Å². The molecule has 98 valence electrons. The number of hydrogen-bond donors (Lipinski definition) is 1. The Balaban J connectivity index is 2.04. The highest BCUT2D eigenvalue weighted by Gasteiger charge is 2.33.